The van der Waals surface area contributed by atoms with Crippen molar-refractivity contribution in [3.05, 3.63) is 48.0 Å². The predicted molar refractivity (Wildman–Crippen MR) is 108 cm³/mol. The van der Waals surface area contributed by atoms with Gasteiger partial charge in [-0.05, 0) is 49.5 Å². The Morgan fingerprint density at radius 1 is 1.09 bits per heavy atom. The Kier molecular flexibility index (Phi) is 7.69. The lowest BCUT2D eigenvalue weighted by molar-refractivity contribution is -0.274. The highest BCUT2D eigenvalue weighted by Crippen LogP contribution is 2.26. The Labute approximate surface area is 182 Å². The summed E-state index contributed by atoms with van der Waals surface area (Å²) in [6.07, 6.45) is -4.83. The van der Waals surface area contributed by atoms with E-state index in [0.29, 0.717) is 0 Å². The van der Waals surface area contributed by atoms with E-state index in [1.54, 1.807) is 0 Å². The average molecular weight is 475 g/mol. The number of rotatable bonds is 8. The Morgan fingerprint density at radius 3 is 2.25 bits per heavy atom. The first-order chi connectivity index (χ1) is 14.9. The van der Waals surface area contributed by atoms with Crippen LogP contribution in [0.2, 0.25) is 0 Å². The molecule has 0 atom stereocenters. The van der Waals surface area contributed by atoms with Crippen molar-refractivity contribution in [1.82, 2.24) is 9.62 Å². The highest BCUT2D eigenvalue weighted by atomic mass is 32.2. The third-order valence-corrected chi connectivity index (χ3v) is 5.50. The first kappa shape index (κ1) is 24.9. The molecule has 2 aromatic rings. The van der Waals surface area contributed by atoms with Crippen molar-refractivity contribution in [2.24, 2.45) is 0 Å². The summed E-state index contributed by atoms with van der Waals surface area (Å²) in [4.78, 5) is 25.7. The zero-order valence-corrected chi connectivity index (χ0v) is 18.0. The molecule has 0 aliphatic rings. The summed E-state index contributed by atoms with van der Waals surface area (Å²) in [7, 11) is -0.0838. The second-order valence-corrected chi connectivity index (χ2v) is 8.21. The van der Waals surface area contributed by atoms with Crippen LogP contribution in [-0.4, -0.2) is 59.2 Å². The van der Waals surface area contributed by atoms with Gasteiger partial charge in [0.15, 0.2) is 0 Å². The lowest BCUT2D eigenvalue weighted by Crippen LogP contribution is -2.35. The van der Waals surface area contributed by atoms with Gasteiger partial charge < -0.3 is 19.7 Å². The molecular weight excluding hydrogens is 455 g/mol. The van der Waals surface area contributed by atoms with E-state index in [-0.39, 0.29) is 21.9 Å². The van der Waals surface area contributed by atoms with Crippen LogP contribution in [-0.2, 0) is 14.8 Å². The fourth-order valence-electron chi connectivity index (χ4n) is 2.58. The van der Waals surface area contributed by atoms with Gasteiger partial charge in [-0.15, -0.1) is 13.2 Å². The summed E-state index contributed by atoms with van der Waals surface area (Å²) in [5.41, 5.74) is 0.195. The van der Waals surface area contributed by atoms with Crippen LogP contribution in [0.15, 0.2) is 47.4 Å². The molecule has 2 N–H and O–H groups in total. The molecule has 0 bridgehead atoms. The van der Waals surface area contributed by atoms with Gasteiger partial charge in [-0.25, -0.2) is 13.1 Å². The SMILES string of the molecule is CNS(=O)(=O)c1cc(C(=O)N(C)CC(=O)Nc2ccc(OC(F)(F)F)cc2)ccc1OC. The van der Waals surface area contributed by atoms with Gasteiger partial charge in [0.1, 0.15) is 16.4 Å². The molecule has 0 saturated carbocycles. The molecule has 0 fully saturated rings. The van der Waals surface area contributed by atoms with Gasteiger partial charge in [-0.3, -0.25) is 9.59 Å². The number of hydrogen-bond donors (Lipinski definition) is 2. The molecule has 0 aromatic heterocycles. The third-order valence-electron chi connectivity index (χ3n) is 4.07. The maximum atomic E-state index is 12.6. The van der Waals surface area contributed by atoms with Gasteiger partial charge in [0, 0.05) is 18.3 Å². The molecule has 2 amide bonds. The number of methoxy groups -OCH3 is 1. The maximum absolute atomic E-state index is 12.6. The fourth-order valence-corrected chi connectivity index (χ4v) is 3.50. The van der Waals surface area contributed by atoms with E-state index < -0.39 is 40.5 Å². The number of sulfonamides is 1. The van der Waals surface area contributed by atoms with E-state index in [2.05, 4.69) is 14.8 Å². The summed E-state index contributed by atoms with van der Waals surface area (Å²) >= 11 is 0. The number of carbonyl (C=O) groups excluding carboxylic acids is 2. The quantitative estimate of drug-likeness (QED) is 0.605. The van der Waals surface area contributed by atoms with Crippen molar-refractivity contribution in [2.75, 3.05) is 33.1 Å². The van der Waals surface area contributed by atoms with Gasteiger partial charge in [-0.1, -0.05) is 0 Å². The van der Waals surface area contributed by atoms with Crippen molar-refractivity contribution < 1.29 is 40.7 Å². The monoisotopic (exact) mass is 475 g/mol. The Hall–Kier alpha value is -3.32. The van der Waals surface area contributed by atoms with Gasteiger partial charge in [-0.2, -0.15) is 0 Å². The number of amides is 2. The van der Waals surface area contributed by atoms with Crippen LogP contribution in [0.3, 0.4) is 0 Å². The average Bonchev–Trinajstić information content (AvgIpc) is 2.73. The zero-order valence-electron chi connectivity index (χ0n) is 17.2. The van der Waals surface area contributed by atoms with Crippen molar-refractivity contribution in [3.8, 4) is 11.5 Å². The molecule has 32 heavy (non-hydrogen) atoms. The summed E-state index contributed by atoms with van der Waals surface area (Å²) < 4.78 is 71.8. The molecule has 13 heteroatoms. The van der Waals surface area contributed by atoms with E-state index in [0.717, 1.165) is 23.1 Å². The molecular formula is C19H20F3N3O6S. The third kappa shape index (κ3) is 6.59. The van der Waals surface area contributed by atoms with E-state index in [9.17, 15) is 31.2 Å². The number of halogens is 3. The van der Waals surface area contributed by atoms with E-state index >= 15 is 0 Å². The van der Waals surface area contributed by atoms with Crippen molar-refractivity contribution >= 4 is 27.5 Å². The fraction of sp³-hybridized carbons (Fsp3) is 0.263. The van der Waals surface area contributed by atoms with E-state index in [4.69, 9.17) is 4.74 Å². The number of nitrogens with zero attached hydrogens (tertiary/aromatic N) is 1. The van der Waals surface area contributed by atoms with Crippen LogP contribution >= 0.6 is 0 Å². The lowest BCUT2D eigenvalue weighted by atomic mass is 10.2. The number of hydrogen-bond acceptors (Lipinski definition) is 6. The molecule has 0 saturated heterocycles. The Bertz CT molecular complexity index is 1090. The van der Waals surface area contributed by atoms with Crippen molar-refractivity contribution in [3.63, 3.8) is 0 Å². The largest absolute Gasteiger partial charge is 0.573 e. The molecule has 9 nitrogen and oxygen atoms in total. The molecule has 0 spiro atoms. The predicted octanol–water partition coefficient (Wildman–Crippen LogP) is 2.21. The molecule has 0 aliphatic carbocycles. The highest BCUT2D eigenvalue weighted by molar-refractivity contribution is 7.89. The van der Waals surface area contributed by atoms with Crippen molar-refractivity contribution in [2.45, 2.75) is 11.3 Å². The van der Waals surface area contributed by atoms with Crippen LogP contribution in [0.5, 0.6) is 11.5 Å². The van der Waals surface area contributed by atoms with Gasteiger partial charge in [0.25, 0.3) is 5.91 Å². The molecule has 0 radical (unpaired) electrons. The standard InChI is InChI=1S/C19H20F3N3O6S/c1-23-32(28,29)16-10-12(4-9-15(16)30-3)18(27)25(2)11-17(26)24-13-5-7-14(8-6-13)31-19(20,21)22/h4-10,23H,11H2,1-3H3,(H,24,26). The normalized spacial score (nSPS) is 11.6. The summed E-state index contributed by atoms with van der Waals surface area (Å²) in [5.74, 6) is -1.67. The topological polar surface area (TPSA) is 114 Å². The first-order valence-corrected chi connectivity index (χ1v) is 10.4. The Balaban J connectivity index is 2.07. The highest BCUT2D eigenvalue weighted by Gasteiger charge is 2.31. The number of benzene rings is 2. The number of anilines is 1. The summed E-state index contributed by atoms with van der Waals surface area (Å²) in [6.45, 7) is -0.403. The minimum Gasteiger partial charge on any atom is -0.495 e. The molecule has 0 heterocycles. The van der Waals surface area contributed by atoms with Crippen LogP contribution in [0.4, 0.5) is 18.9 Å². The van der Waals surface area contributed by atoms with Crippen LogP contribution in [0.25, 0.3) is 0 Å². The zero-order chi connectivity index (χ0) is 24.1. The molecule has 174 valence electrons. The molecule has 2 aromatic carbocycles. The van der Waals surface area contributed by atoms with Crippen LogP contribution in [0.1, 0.15) is 10.4 Å². The maximum Gasteiger partial charge on any atom is 0.573 e. The molecule has 0 unspecified atom stereocenters. The number of alkyl halides is 3. The molecule has 0 aliphatic heterocycles. The van der Waals surface area contributed by atoms with Gasteiger partial charge in [0.05, 0.1) is 13.7 Å². The molecule has 2 rings (SSSR count). The summed E-state index contributed by atoms with van der Waals surface area (Å²) in [5, 5.41) is 2.44. The second-order valence-electron chi connectivity index (χ2n) is 6.35. The summed E-state index contributed by atoms with van der Waals surface area (Å²) in [6, 6.07) is 8.26. The number of carbonyl (C=O) groups is 2. The van der Waals surface area contributed by atoms with Gasteiger partial charge >= 0.3 is 6.36 Å². The van der Waals surface area contributed by atoms with E-state index in [1.807, 2.05) is 0 Å². The number of nitrogens with one attached hydrogen (secondary N) is 2. The van der Waals surface area contributed by atoms with E-state index in [1.165, 1.54) is 45.5 Å². The smallest absolute Gasteiger partial charge is 0.495 e. The Morgan fingerprint density at radius 2 is 1.72 bits per heavy atom. The first-order valence-electron chi connectivity index (χ1n) is 8.89. The van der Waals surface area contributed by atoms with Crippen LogP contribution < -0.4 is 19.5 Å². The van der Waals surface area contributed by atoms with Gasteiger partial charge in [0.2, 0.25) is 15.9 Å². The number of ether oxygens (including phenoxy) is 2. The number of likely N-dealkylation sites (N-methyl/N-ethyl adjacent to an activating group) is 1. The minimum atomic E-state index is -4.83. The minimum absolute atomic E-state index is 0.00331. The van der Waals surface area contributed by atoms with Crippen molar-refractivity contribution in [1.29, 1.82) is 0 Å². The van der Waals surface area contributed by atoms with Crippen LogP contribution in [0, 0.1) is 0 Å². The second kappa shape index (κ2) is 9.87. The lowest BCUT2D eigenvalue weighted by Gasteiger charge is -2.18.